The molecule has 0 saturated heterocycles. The molecule has 3 heteroatoms. The predicted octanol–water partition coefficient (Wildman–Crippen LogP) is 3.94. The van der Waals surface area contributed by atoms with Crippen LogP contribution in [0.2, 0.25) is 0 Å². The van der Waals surface area contributed by atoms with Gasteiger partial charge in [0, 0.05) is 12.2 Å². The number of ether oxygens (including phenoxy) is 2. The highest BCUT2D eigenvalue weighted by Crippen LogP contribution is 2.45. The molecule has 0 heterocycles. The van der Waals surface area contributed by atoms with Crippen LogP contribution >= 0.6 is 0 Å². The van der Waals surface area contributed by atoms with Crippen LogP contribution in [0.3, 0.4) is 0 Å². The second kappa shape index (κ2) is 7.28. The zero-order chi connectivity index (χ0) is 15.3. The Bertz CT molecular complexity index is 445. The van der Waals surface area contributed by atoms with Crippen molar-refractivity contribution < 1.29 is 9.47 Å². The maximum absolute atomic E-state index is 6.33. The van der Waals surface area contributed by atoms with Crippen LogP contribution in [0.4, 0.5) is 0 Å². The zero-order valence-corrected chi connectivity index (χ0v) is 13.8. The van der Waals surface area contributed by atoms with Crippen molar-refractivity contribution in [1.82, 2.24) is 5.32 Å². The van der Waals surface area contributed by atoms with E-state index in [0.717, 1.165) is 25.2 Å². The second-order valence-electron chi connectivity index (χ2n) is 6.16. The fourth-order valence-electron chi connectivity index (χ4n) is 3.91. The largest absolute Gasteiger partial charge is 0.496 e. The van der Waals surface area contributed by atoms with Crippen LogP contribution < -0.4 is 10.1 Å². The molecular formula is C18H29NO2. The minimum atomic E-state index is -0.129. The van der Waals surface area contributed by atoms with E-state index in [1.807, 2.05) is 19.2 Å². The summed E-state index contributed by atoms with van der Waals surface area (Å²) in [4.78, 5) is 0. The molecule has 0 bridgehead atoms. The Morgan fingerprint density at radius 2 is 2.14 bits per heavy atom. The van der Waals surface area contributed by atoms with Gasteiger partial charge in [0.2, 0.25) is 0 Å². The number of benzene rings is 1. The van der Waals surface area contributed by atoms with Gasteiger partial charge in [0.05, 0.1) is 18.8 Å². The maximum Gasteiger partial charge on any atom is 0.123 e. The molecule has 1 aliphatic rings. The third kappa shape index (κ3) is 3.41. The molecule has 1 fully saturated rings. The van der Waals surface area contributed by atoms with Gasteiger partial charge in [-0.05, 0) is 38.8 Å². The van der Waals surface area contributed by atoms with Crippen LogP contribution in [0.1, 0.15) is 51.1 Å². The standard InChI is InChI=1S/C18H29NO2/c1-5-21-18(12-8-9-14(2)13-18)17(19-3)15-10-6-7-11-16(15)20-4/h6-7,10-11,14,17,19H,5,8-9,12-13H2,1-4H3. The molecule has 0 aliphatic heterocycles. The van der Waals surface area contributed by atoms with Gasteiger partial charge in [-0.3, -0.25) is 0 Å². The second-order valence-corrected chi connectivity index (χ2v) is 6.16. The summed E-state index contributed by atoms with van der Waals surface area (Å²) in [5, 5.41) is 3.50. The number of nitrogens with one attached hydrogen (secondary N) is 1. The first-order valence-corrected chi connectivity index (χ1v) is 8.11. The summed E-state index contributed by atoms with van der Waals surface area (Å²) in [7, 11) is 3.76. The van der Waals surface area contributed by atoms with Crippen LogP contribution in [0, 0.1) is 5.92 Å². The molecule has 3 unspecified atom stereocenters. The summed E-state index contributed by atoms with van der Waals surface area (Å²) in [6, 6.07) is 8.45. The molecule has 1 aromatic carbocycles. The average Bonchev–Trinajstić information content (AvgIpc) is 2.48. The highest BCUT2D eigenvalue weighted by molar-refractivity contribution is 5.37. The quantitative estimate of drug-likeness (QED) is 0.861. The van der Waals surface area contributed by atoms with Crippen molar-refractivity contribution in [2.45, 2.75) is 51.2 Å². The predicted molar refractivity (Wildman–Crippen MR) is 86.8 cm³/mol. The van der Waals surface area contributed by atoms with E-state index >= 15 is 0 Å². The van der Waals surface area contributed by atoms with Gasteiger partial charge in [-0.2, -0.15) is 0 Å². The van der Waals surface area contributed by atoms with Crippen LogP contribution in [0.25, 0.3) is 0 Å². The van der Waals surface area contributed by atoms with Crippen LogP contribution in [-0.2, 0) is 4.74 Å². The SMILES string of the molecule is CCOC1(C(NC)c2ccccc2OC)CCCC(C)C1. The minimum absolute atomic E-state index is 0.129. The van der Waals surface area contributed by atoms with Crippen molar-refractivity contribution in [3.63, 3.8) is 0 Å². The summed E-state index contributed by atoms with van der Waals surface area (Å²) in [5.41, 5.74) is 1.07. The lowest BCUT2D eigenvalue weighted by atomic mass is 9.72. The monoisotopic (exact) mass is 291 g/mol. The van der Waals surface area contributed by atoms with Crippen molar-refractivity contribution in [3.8, 4) is 5.75 Å². The first-order valence-electron chi connectivity index (χ1n) is 8.11. The number of para-hydroxylation sites is 1. The molecule has 0 radical (unpaired) electrons. The Morgan fingerprint density at radius 1 is 1.38 bits per heavy atom. The van der Waals surface area contributed by atoms with E-state index in [0.29, 0.717) is 5.92 Å². The lowest BCUT2D eigenvalue weighted by Gasteiger charge is -2.45. The zero-order valence-electron chi connectivity index (χ0n) is 13.8. The molecular weight excluding hydrogens is 262 g/mol. The highest BCUT2D eigenvalue weighted by atomic mass is 16.5. The Kier molecular flexibility index (Phi) is 5.65. The molecule has 2 rings (SSSR count). The van der Waals surface area contributed by atoms with Gasteiger partial charge in [0.15, 0.2) is 0 Å². The fourth-order valence-corrected chi connectivity index (χ4v) is 3.91. The van der Waals surface area contributed by atoms with Gasteiger partial charge < -0.3 is 14.8 Å². The third-order valence-corrected chi connectivity index (χ3v) is 4.69. The number of likely N-dealkylation sites (N-methyl/N-ethyl adjacent to an activating group) is 1. The Balaban J connectivity index is 2.39. The number of hydrogen-bond donors (Lipinski definition) is 1. The van der Waals surface area contributed by atoms with E-state index < -0.39 is 0 Å². The van der Waals surface area contributed by atoms with Crippen molar-refractivity contribution in [2.75, 3.05) is 20.8 Å². The number of hydrogen-bond acceptors (Lipinski definition) is 3. The van der Waals surface area contributed by atoms with Gasteiger partial charge in [0.25, 0.3) is 0 Å². The van der Waals surface area contributed by atoms with Crippen molar-refractivity contribution >= 4 is 0 Å². The fraction of sp³-hybridized carbons (Fsp3) is 0.667. The van der Waals surface area contributed by atoms with E-state index in [4.69, 9.17) is 9.47 Å². The third-order valence-electron chi connectivity index (χ3n) is 4.69. The molecule has 3 atom stereocenters. The molecule has 3 nitrogen and oxygen atoms in total. The Morgan fingerprint density at radius 3 is 2.76 bits per heavy atom. The molecule has 21 heavy (non-hydrogen) atoms. The van der Waals surface area contributed by atoms with Gasteiger partial charge >= 0.3 is 0 Å². The molecule has 1 aliphatic carbocycles. The number of rotatable bonds is 6. The lowest BCUT2D eigenvalue weighted by molar-refractivity contribution is -0.101. The highest BCUT2D eigenvalue weighted by Gasteiger charge is 2.43. The smallest absolute Gasteiger partial charge is 0.123 e. The molecule has 1 N–H and O–H groups in total. The molecule has 0 spiro atoms. The van der Waals surface area contributed by atoms with Crippen molar-refractivity contribution in [3.05, 3.63) is 29.8 Å². The van der Waals surface area contributed by atoms with Crippen LogP contribution in [-0.4, -0.2) is 26.4 Å². The molecule has 1 saturated carbocycles. The summed E-state index contributed by atoms with van der Waals surface area (Å²) in [6.45, 7) is 5.18. The van der Waals surface area contributed by atoms with Gasteiger partial charge in [-0.1, -0.05) is 38.0 Å². The van der Waals surface area contributed by atoms with E-state index in [2.05, 4.69) is 31.3 Å². The topological polar surface area (TPSA) is 30.5 Å². The summed E-state index contributed by atoms with van der Waals surface area (Å²) >= 11 is 0. The average molecular weight is 291 g/mol. The van der Waals surface area contributed by atoms with Crippen LogP contribution in [0.5, 0.6) is 5.75 Å². The maximum atomic E-state index is 6.33. The van der Waals surface area contributed by atoms with Crippen molar-refractivity contribution in [2.24, 2.45) is 5.92 Å². The first kappa shape index (κ1) is 16.3. The van der Waals surface area contributed by atoms with Gasteiger partial charge in [-0.15, -0.1) is 0 Å². The van der Waals surface area contributed by atoms with E-state index in [-0.39, 0.29) is 11.6 Å². The molecule has 118 valence electrons. The minimum Gasteiger partial charge on any atom is -0.496 e. The molecule has 1 aromatic rings. The molecule has 0 amide bonds. The Labute approximate surface area is 129 Å². The number of methoxy groups -OCH3 is 1. The van der Waals surface area contributed by atoms with Crippen molar-refractivity contribution in [1.29, 1.82) is 0 Å². The summed E-state index contributed by atoms with van der Waals surface area (Å²) in [5.74, 6) is 1.64. The first-order chi connectivity index (χ1) is 10.2. The van der Waals surface area contributed by atoms with E-state index in [1.165, 1.54) is 18.4 Å². The van der Waals surface area contributed by atoms with E-state index in [9.17, 15) is 0 Å². The van der Waals surface area contributed by atoms with Gasteiger partial charge in [0.1, 0.15) is 5.75 Å². The normalized spacial score (nSPS) is 27.3. The van der Waals surface area contributed by atoms with E-state index in [1.54, 1.807) is 7.11 Å². The van der Waals surface area contributed by atoms with Gasteiger partial charge in [-0.25, -0.2) is 0 Å². The lowest BCUT2D eigenvalue weighted by Crippen LogP contribution is -2.48. The Hall–Kier alpha value is -1.06. The van der Waals surface area contributed by atoms with Crippen LogP contribution in [0.15, 0.2) is 24.3 Å². The molecule has 0 aromatic heterocycles. The summed E-state index contributed by atoms with van der Waals surface area (Å²) in [6.07, 6.45) is 4.74. The summed E-state index contributed by atoms with van der Waals surface area (Å²) < 4.78 is 11.9.